The highest BCUT2D eigenvalue weighted by Crippen LogP contribution is 2.47. The third kappa shape index (κ3) is 3.65. The molecule has 1 aromatic heterocycles. The second-order valence-electron chi connectivity index (χ2n) is 6.08. The molecule has 2 saturated carbocycles. The molecule has 2 atom stereocenters. The zero-order valence-corrected chi connectivity index (χ0v) is 12.1. The molecule has 2 unspecified atom stereocenters. The highest BCUT2D eigenvalue weighted by Gasteiger charge is 2.45. The van der Waals surface area contributed by atoms with Gasteiger partial charge < -0.3 is 15.1 Å². The van der Waals surface area contributed by atoms with Crippen molar-refractivity contribution in [3.8, 4) is 0 Å². The fourth-order valence-corrected chi connectivity index (χ4v) is 3.13. The zero-order chi connectivity index (χ0) is 14.7. The molecule has 3 rings (SSSR count). The molecule has 21 heavy (non-hydrogen) atoms. The van der Waals surface area contributed by atoms with Crippen LogP contribution < -0.4 is 10.6 Å². The molecule has 2 aliphatic rings. The van der Waals surface area contributed by atoms with E-state index in [4.69, 9.17) is 4.42 Å². The van der Waals surface area contributed by atoms with Gasteiger partial charge in [0.2, 0.25) is 11.8 Å². The molecule has 2 fully saturated rings. The Morgan fingerprint density at radius 1 is 1.24 bits per heavy atom. The lowest BCUT2D eigenvalue weighted by Crippen LogP contribution is -2.43. The summed E-state index contributed by atoms with van der Waals surface area (Å²) in [4.78, 5) is 23.8. The first kappa shape index (κ1) is 14.2. The van der Waals surface area contributed by atoms with E-state index in [1.165, 1.54) is 19.3 Å². The van der Waals surface area contributed by atoms with Gasteiger partial charge in [0, 0.05) is 17.9 Å². The molecule has 1 aromatic rings. The van der Waals surface area contributed by atoms with Gasteiger partial charge in [0.1, 0.15) is 5.76 Å². The smallest absolute Gasteiger partial charge is 0.239 e. The highest BCUT2D eigenvalue weighted by atomic mass is 16.3. The molecule has 0 aromatic carbocycles. The standard InChI is InChI=1S/C16H22N2O3/c19-15(18-11-5-2-1-3-6-11)10-17-16(20)13-9-12(13)14-7-4-8-21-14/h4,7-8,11-13H,1-3,5-6,9-10H2,(H,17,20)(H,18,19). The number of amides is 2. The molecule has 114 valence electrons. The van der Waals surface area contributed by atoms with Crippen LogP contribution in [0.4, 0.5) is 0 Å². The van der Waals surface area contributed by atoms with E-state index in [1.54, 1.807) is 6.26 Å². The van der Waals surface area contributed by atoms with E-state index in [0.717, 1.165) is 25.0 Å². The summed E-state index contributed by atoms with van der Waals surface area (Å²) in [6.45, 7) is 0.0801. The van der Waals surface area contributed by atoms with E-state index >= 15 is 0 Å². The lowest BCUT2D eigenvalue weighted by molar-refractivity contribution is -0.127. The number of hydrogen-bond acceptors (Lipinski definition) is 3. The van der Waals surface area contributed by atoms with Crippen molar-refractivity contribution < 1.29 is 14.0 Å². The van der Waals surface area contributed by atoms with Crippen LogP contribution in [0.2, 0.25) is 0 Å². The topological polar surface area (TPSA) is 71.3 Å². The van der Waals surface area contributed by atoms with Gasteiger partial charge in [0.25, 0.3) is 0 Å². The van der Waals surface area contributed by atoms with Crippen LogP contribution in [0, 0.1) is 5.92 Å². The molecular formula is C16H22N2O3. The van der Waals surface area contributed by atoms with Crippen molar-refractivity contribution in [3.63, 3.8) is 0 Å². The van der Waals surface area contributed by atoms with E-state index in [-0.39, 0.29) is 30.2 Å². The van der Waals surface area contributed by atoms with Crippen molar-refractivity contribution in [1.29, 1.82) is 0 Å². The fraction of sp³-hybridized carbons (Fsp3) is 0.625. The molecule has 0 saturated heterocycles. The minimum atomic E-state index is -0.0783. The third-order valence-corrected chi connectivity index (χ3v) is 4.43. The quantitative estimate of drug-likeness (QED) is 0.870. The van der Waals surface area contributed by atoms with Crippen molar-refractivity contribution >= 4 is 11.8 Å². The Kier molecular flexibility index (Phi) is 4.27. The Labute approximate surface area is 124 Å². The maximum Gasteiger partial charge on any atom is 0.239 e. The van der Waals surface area contributed by atoms with Crippen molar-refractivity contribution in [2.75, 3.05) is 6.54 Å². The number of rotatable bonds is 5. The minimum Gasteiger partial charge on any atom is -0.469 e. The molecule has 0 spiro atoms. The van der Waals surface area contributed by atoms with Crippen LogP contribution in [0.5, 0.6) is 0 Å². The zero-order valence-electron chi connectivity index (χ0n) is 12.1. The Hall–Kier alpha value is -1.78. The van der Waals surface area contributed by atoms with Crippen LogP contribution in [0.25, 0.3) is 0 Å². The number of nitrogens with one attached hydrogen (secondary N) is 2. The minimum absolute atomic E-state index is 0.0429. The van der Waals surface area contributed by atoms with Gasteiger partial charge in [-0.05, 0) is 31.4 Å². The van der Waals surface area contributed by atoms with Crippen LogP contribution in [0.3, 0.4) is 0 Å². The Morgan fingerprint density at radius 3 is 2.76 bits per heavy atom. The summed E-state index contributed by atoms with van der Waals surface area (Å²) in [5, 5.41) is 5.73. The molecule has 2 aliphatic carbocycles. The maximum absolute atomic E-state index is 12.0. The van der Waals surface area contributed by atoms with Crippen LogP contribution in [0.15, 0.2) is 22.8 Å². The first-order valence-electron chi connectivity index (χ1n) is 7.84. The van der Waals surface area contributed by atoms with Crippen LogP contribution in [-0.2, 0) is 9.59 Å². The number of carbonyl (C=O) groups is 2. The van der Waals surface area contributed by atoms with Crippen LogP contribution in [-0.4, -0.2) is 24.4 Å². The number of furan rings is 1. The molecule has 2 N–H and O–H groups in total. The molecule has 5 nitrogen and oxygen atoms in total. The first-order chi connectivity index (χ1) is 10.2. The summed E-state index contributed by atoms with van der Waals surface area (Å²) in [5.74, 6) is 0.877. The lowest BCUT2D eigenvalue weighted by atomic mass is 9.95. The van der Waals surface area contributed by atoms with Gasteiger partial charge in [-0.15, -0.1) is 0 Å². The monoisotopic (exact) mass is 290 g/mol. The summed E-state index contributed by atoms with van der Waals surface area (Å²) >= 11 is 0. The SMILES string of the molecule is O=C(CNC(=O)C1CC1c1ccco1)NC1CCCCC1. The van der Waals surface area contributed by atoms with Gasteiger partial charge in [-0.1, -0.05) is 19.3 Å². The molecule has 0 aliphatic heterocycles. The molecular weight excluding hydrogens is 268 g/mol. The van der Waals surface area contributed by atoms with E-state index < -0.39 is 0 Å². The van der Waals surface area contributed by atoms with Crippen molar-refractivity contribution in [2.45, 2.75) is 50.5 Å². The average molecular weight is 290 g/mol. The van der Waals surface area contributed by atoms with Gasteiger partial charge in [-0.2, -0.15) is 0 Å². The third-order valence-electron chi connectivity index (χ3n) is 4.43. The highest BCUT2D eigenvalue weighted by molar-refractivity contribution is 5.87. The predicted octanol–water partition coefficient (Wildman–Crippen LogP) is 1.95. The van der Waals surface area contributed by atoms with Crippen molar-refractivity contribution in [3.05, 3.63) is 24.2 Å². The first-order valence-corrected chi connectivity index (χ1v) is 7.84. The number of carbonyl (C=O) groups excluding carboxylic acids is 2. The van der Waals surface area contributed by atoms with Gasteiger partial charge in [-0.25, -0.2) is 0 Å². The second kappa shape index (κ2) is 6.33. The summed E-state index contributed by atoms with van der Waals surface area (Å²) in [6, 6.07) is 4.02. The van der Waals surface area contributed by atoms with E-state index in [2.05, 4.69) is 10.6 Å². The van der Waals surface area contributed by atoms with Crippen LogP contribution >= 0.6 is 0 Å². The lowest BCUT2D eigenvalue weighted by Gasteiger charge is -2.22. The van der Waals surface area contributed by atoms with Gasteiger partial charge >= 0.3 is 0 Å². The van der Waals surface area contributed by atoms with Crippen molar-refractivity contribution in [1.82, 2.24) is 10.6 Å². The maximum atomic E-state index is 12.0. The van der Waals surface area contributed by atoms with E-state index in [1.807, 2.05) is 12.1 Å². The van der Waals surface area contributed by atoms with Crippen molar-refractivity contribution in [2.24, 2.45) is 5.92 Å². The fourth-order valence-electron chi connectivity index (χ4n) is 3.13. The average Bonchev–Trinajstić information content (AvgIpc) is 3.11. The molecule has 0 radical (unpaired) electrons. The number of hydrogen-bond donors (Lipinski definition) is 2. The van der Waals surface area contributed by atoms with Gasteiger partial charge in [-0.3, -0.25) is 9.59 Å². The predicted molar refractivity (Wildman–Crippen MR) is 77.6 cm³/mol. The Balaban J connectivity index is 1.37. The Bertz CT molecular complexity index is 492. The summed E-state index contributed by atoms with van der Waals surface area (Å²) < 4.78 is 5.30. The molecule has 5 heteroatoms. The molecule has 0 bridgehead atoms. The summed E-state index contributed by atoms with van der Waals surface area (Å²) in [6.07, 6.45) is 8.18. The largest absolute Gasteiger partial charge is 0.469 e. The molecule has 1 heterocycles. The van der Waals surface area contributed by atoms with E-state index in [9.17, 15) is 9.59 Å². The summed E-state index contributed by atoms with van der Waals surface area (Å²) in [7, 11) is 0. The van der Waals surface area contributed by atoms with Crippen LogP contribution in [0.1, 0.15) is 50.2 Å². The van der Waals surface area contributed by atoms with Gasteiger partial charge in [0.15, 0.2) is 0 Å². The van der Waals surface area contributed by atoms with Gasteiger partial charge in [0.05, 0.1) is 12.8 Å². The summed E-state index contributed by atoms with van der Waals surface area (Å²) in [5.41, 5.74) is 0. The second-order valence-corrected chi connectivity index (χ2v) is 6.08. The molecule has 2 amide bonds. The Morgan fingerprint density at radius 2 is 2.05 bits per heavy atom. The van der Waals surface area contributed by atoms with E-state index in [0.29, 0.717) is 6.04 Å². The normalized spacial score (nSPS) is 25.3.